The molecule has 0 atom stereocenters. The van der Waals surface area contributed by atoms with Crippen LogP contribution in [-0.2, 0) is 20.7 Å². The first kappa shape index (κ1) is 19.4. The van der Waals surface area contributed by atoms with Crippen LogP contribution in [0.25, 0.3) is 16.9 Å². The standard InChI is InChI=1S/C21H22N6O3/c1-13-6-5-7-18(27-21(29)26(4)23-24-27)16(13)12-30-19-9-8-15(10-14(19)2)17-11-20(28)25(3)22-17/h5-11,28H,12H2,1-4H3. The molecule has 154 valence electrons. The van der Waals surface area contributed by atoms with Crippen molar-refractivity contribution < 1.29 is 9.84 Å². The van der Waals surface area contributed by atoms with Gasteiger partial charge in [0.2, 0.25) is 5.88 Å². The molecule has 0 aliphatic carbocycles. The molecule has 9 nitrogen and oxygen atoms in total. The summed E-state index contributed by atoms with van der Waals surface area (Å²) in [5, 5.41) is 21.8. The number of hydrogen-bond donors (Lipinski definition) is 1. The molecule has 1 N–H and O–H groups in total. The molecule has 30 heavy (non-hydrogen) atoms. The predicted molar refractivity (Wildman–Crippen MR) is 111 cm³/mol. The fraction of sp³-hybridized carbons (Fsp3) is 0.238. The topological polar surface area (TPSA) is 100.0 Å². The average Bonchev–Trinajstić information content (AvgIpc) is 3.23. The van der Waals surface area contributed by atoms with Crippen molar-refractivity contribution in [2.24, 2.45) is 14.1 Å². The minimum atomic E-state index is -0.319. The van der Waals surface area contributed by atoms with Crippen molar-refractivity contribution in [1.82, 2.24) is 29.6 Å². The molecule has 0 spiro atoms. The van der Waals surface area contributed by atoms with Crippen LogP contribution in [0, 0.1) is 13.8 Å². The van der Waals surface area contributed by atoms with Crippen molar-refractivity contribution >= 4 is 0 Å². The predicted octanol–water partition coefficient (Wildman–Crippen LogP) is 2.27. The first-order valence-corrected chi connectivity index (χ1v) is 9.40. The minimum Gasteiger partial charge on any atom is -0.493 e. The molecule has 0 radical (unpaired) electrons. The fourth-order valence-electron chi connectivity index (χ4n) is 3.26. The van der Waals surface area contributed by atoms with E-state index in [1.165, 1.54) is 14.0 Å². The summed E-state index contributed by atoms with van der Waals surface area (Å²) in [6.45, 7) is 4.19. The summed E-state index contributed by atoms with van der Waals surface area (Å²) < 4.78 is 9.97. The molecule has 0 aliphatic rings. The maximum absolute atomic E-state index is 12.3. The maximum atomic E-state index is 12.3. The van der Waals surface area contributed by atoms with Crippen molar-refractivity contribution in [3.63, 3.8) is 0 Å². The quantitative estimate of drug-likeness (QED) is 0.546. The van der Waals surface area contributed by atoms with Crippen molar-refractivity contribution in [2.75, 3.05) is 0 Å². The number of hydrogen-bond acceptors (Lipinski definition) is 6. The van der Waals surface area contributed by atoms with Crippen molar-refractivity contribution in [3.05, 3.63) is 69.6 Å². The Labute approximate surface area is 172 Å². The van der Waals surface area contributed by atoms with Crippen LogP contribution in [0.15, 0.2) is 47.3 Å². The highest BCUT2D eigenvalue weighted by molar-refractivity contribution is 5.63. The highest BCUT2D eigenvalue weighted by Crippen LogP contribution is 2.28. The number of aromatic hydroxyl groups is 1. The molecule has 0 bridgehead atoms. The van der Waals surface area contributed by atoms with Gasteiger partial charge in [-0.2, -0.15) is 14.5 Å². The molecule has 2 aromatic heterocycles. The van der Waals surface area contributed by atoms with Crippen LogP contribution in [0.4, 0.5) is 0 Å². The van der Waals surface area contributed by atoms with E-state index in [1.807, 2.05) is 50.2 Å². The SMILES string of the molecule is Cc1cc(-c2cc(O)n(C)n2)ccc1OCc1c(C)cccc1-n1nnn(C)c1=O. The summed E-state index contributed by atoms with van der Waals surface area (Å²) >= 11 is 0. The van der Waals surface area contributed by atoms with Crippen molar-refractivity contribution in [2.45, 2.75) is 20.5 Å². The molecule has 0 saturated heterocycles. The van der Waals surface area contributed by atoms with Crippen LogP contribution >= 0.6 is 0 Å². The monoisotopic (exact) mass is 406 g/mol. The molecule has 2 aromatic carbocycles. The summed E-state index contributed by atoms with van der Waals surface area (Å²) in [7, 11) is 3.25. The normalized spacial score (nSPS) is 11.1. The first-order valence-electron chi connectivity index (χ1n) is 9.40. The molecule has 0 aliphatic heterocycles. The number of aryl methyl sites for hydroxylation is 4. The highest BCUT2D eigenvalue weighted by Gasteiger charge is 2.14. The van der Waals surface area contributed by atoms with Gasteiger partial charge in [-0.3, -0.25) is 0 Å². The number of aromatic nitrogens is 6. The van der Waals surface area contributed by atoms with Gasteiger partial charge in [-0.25, -0.2) is 9.48 Å². The lowest BCUT2D eigenvalue weighted by Crippen LogP contribution is -2.23. The Balaban J connectivity index is 1.61. The van der Waals surface area contributed by atoms with E-state index in [-0.39, 0.29) is 18.2 Å². The average molecular weight is 406 g/mol. The number of benzene rings is 2. The molecular weight excluding hydrogens is 384 g/mol. The lowest BCUT2D eigenvalue weighted by molar-refractivity contribution is 0.302. The van der Waals surface area contributed by atoms with E-state index < -0.39 is 0 Å². The second-order valence-corrected chi connectivity index (χ2v) is 7.15. The lowest BCUT2D eigenvalue weighted by Gasteiger charge is -2.14. The molecule has 0 fully saturated rings. The summed E-state index contributed by atoms with van der Waals surface area (Å²) in [5.74, 6) is 0.828. The molecule has 4 aromatic rings. The van der Waals surface area contributed by atoms with Crippen LogP contribution < -0.4 is 10.4 Å². The third-order valence-electron chi connectivity index (χ3n) is 5.03. The second-order valence-electron chi connectivity index (χ2n) is 7.15. The van der Waals surface area contributed by atoms with Crippen molar-refractivity contribution in [3.8, 4) is 28.6 Å². The molecule has 0 amide bonds. The largest absolute Gasteiger partial charge is 0.493 e. The van der Waals surface area contributed by atoms with E-state index in [9.17, 15) is 9.90 Å². The van der Waals surface area contributed by atoms with E-state index in [0.29, 0.717) is 11.4 Å². The Morgan fingerprint density at radius 1 is 1.00 bits per heavy atom. The number of rotatable bonds is 5. The number of tetrazole rings is 1. The summed E-state index contributed by atoms with van der Waals surface area (Å²) in [6.07, 6.45) is 0. The number of nitrogens with zero attached hydrogens (tertiary/aromatic N) is 6. The smallest absolute Gasteiger partial charge is 0.368 e. The van der Waals surface area contributed by atoms with Gasteiger partial charge < -0.3 is 9.84 Å². The molecule has 0 unspecified atom stereocenters. The molecule has 0 saturated carbocycles. The van der Waals surface area contributed by atoms with Gasteiger partial charge in [0.25, 0.3) is 0 Å². The Hall–Kier alpha value is -3.88. The molecular formula is C21H22N6O3. The summed E-state index contributed by atoms with van der Waals surface area (Å²) in [6, 6.07) is 13.0. The van der Waals surface area contributed by atoms with Gasteiger partial charge in [0.05, 0.1) is 11.4 Å². The van der Waals surface area contributed by atoms with E-state index in [4.69, 9.17) is 4.74 Å². The van der Waals surface area contributed by atoms with E-state index >= 15 is 0 Å². The zero-order valence-electron chi connectivity index (χ0n) is 17.2. The zero-order valence-corrected chi connectivity index (χ0v) is 17.2. The van der Waals surface area contributed by atoms with Crippen molar-refractivity contribution in [1.29, 1.82) is 0 Å². The lowest BCUT2D eigenvalue weighted by atomic mass is 10.1. The van der Waals surface area contributed by atoms with Gasteiger partial charge >= 0.3 is 5.69 Å². The minimum absolute atomic E-state index is 0.106. The van der Waals surface area contributed by atoms with Gasteiger partial charge in [-0.1, -0.05) is 12.1 Å². The van der Waals surface area contributed by atoms with Crippen LogP contribution in [-0.4, -0.2) is 34.7 Å². The second kappa shape index (κ2) is 7.51. The fourth-order valence-corrected chi connectivity index (χ4v) is 3.26. The molecule has 9 heteroatoms. The third-order valence-corrected chi connectivity index (χ3v) is 5.03. The van der Waals surface area contributed by atoms with Gasteiger partial charge in [-0.15, -0.1) is 0 Å². The first-order chi connectivity index (χ1) is 14.3. The Bertz CT molecular complexity index is 1260. The highest BCUT2D eigenvalue weighted by atomic mass is 16.5. The van der Waals surface area contributed by atoms with E-state index in [2.05, 4.69) is 15.5 Å². The molecule has 2 heterocycles. The molecule has 4 rings (SSSR count). The zero-order chi connectivity index (χ0) is 21.4. The summed E-state index contributed by atoms with van der Waals surface area (Å²) in [5.41, 5.74) is 4.68. The van der Waals surface area contributed by atoms with E-state index in [0.717, 1.165) is 28.0 Å². The Morgan fingerprint density at radius 2 is 1.80 bits per heavy atom. The summed E-state index contributed by atoms with van der Waals surface area (Å²) in [4.78, 5) is 12.3. The van der Waals surface area contributed by atoms with Crippen LogP contribution in [0.2, 0.25) is 0 Å². The van der Waals surface area contributed by atoms with Gasteiger partial charge in [0, 0.05) is 31.3 Å². The van der Waals surface area contributed by atoms with Gasteiger partial charge in [0.1, 0.15) is 12.4 Å². The van der Waals surface area contributed by atoms with Crippen LogP contribution in [0.1, 0.15) is 16.7 Å². The van der Waals surface area contributed by atoms with Gasteiger partial charge in [-0.05, 0) is 59.7 Å². The Morgan fingerprint density at radius 3 is 2.43 bits per heavy atom. The number of ether oxygens (including phenoxy) is 1. The van der Waals surface area contributed by atoms with Crippen LogP contribution in [0.5, 0.6) is 11.6 Å². The van der Waals surface area contributed by atoms with Crippen LogP contribution in [0.3, 0.4) is 0 Å². The van der Waals surface area contributed by atoms with Gasteiger partial charge in [0.15, 0.2) is 0 Å². The maximum Gasteiger partial charge on any atom is 0.368 e. The van der Waals surface area contributed by atoms with E-state index in [1.54, 1.807) is 20.2 Å². The third kappa shape index (κ3) is 3.45. The Kier molecular flexibility index (Phi) is 4.86.